The molecule has 0 unspecified atom stereocenters. The first-order valence-electron chi connectivity index (χ1n) is 9.66. The maximum atomic E-state index is 5.59. The van der Waals surface area contributed by atoms with Crippen molar-refractivity contribution < 1.29 is 14.2 Å². The molecule has 1 aliphatic heterocycles. The Labute approximate surface area is 163 Å². The molecule has 0 radical (unpaired) electrons. The Morgan fingerprint density at radius 3 is 2.56 bits per heavy atom. The van der Waals surface area contributed by atoms with Gasteiger partial charge in [0.25, 0.3) is 0 Å². The average molecular weight is 379 g/mol. The van der Waals surface area contributed by atoms with Crippen LogP contribution in [0.2, 0.25) is 0 Å². The van der Waals surface area contributed by atoms with Gasteiger partial charge in [0, 0.05) is 37.1 Å². The lowest BCUT2D eigenvalue weighted by atomic mass is 9.89. The Balaban J connectivity index is 2.15. The van der Waals surface area contributed by atoms with Crippen molar-refractivity contribution in [3.63, 3.8) is 0 Å². The number of anilines is 1. The number of guanidine groups is 1. The van der Waals surface area contributed by atoms with Crippen molar-refractivity contribution in [3.8, 4) is 11.5 Å². The zero-order chi connectivity index (χ0) is 19.7. The smallest absolute Gasteiger partial charge is 0.195 e. The van der Waals surface area contributed by atoms with Crippen LogP contribution in [-0.2, 0) is 4.74 Å². The van der Waals surface area contributed by atoms with Crippen molar-refractivity contribution in [2.24, 2.45) is 4.99 Å². The standard InChI is InChI=1S/C20H34N4O3/c1-6-21-19(22-15-20(24(3)4)10-12-26-13-11-20)23-16-8-9-17(27-7-2)18(14-16)25-5/h8-9,14H,6-7,10-13,15H2,1-5H3,(H2,21,22,23). The van der Waals surface area contributed by atoms with Gasteiger partial charge in [-0.25, -0.2) is 0 Å². The number of nitrogens with zero attached hydrogens (tertiary/aromatic N) is 2. The van der Waals surface area contributed by atoms with E-state index in [4.69, 9.17) is 19.2 Å². The van der Waals surface area contributed by atoms with E-state index < -0.39 is 0 Å². The van der Waals surface area contributed by atoms with Crippen LogP contribution in [0.15, 0.2) is 23.2 Å². The van der Waals surface area contributed by atoms with Crippen LogP contribution < -0.4 is 20.1 Å². The van der Waals surface area contributed by atoms with Gasteiger partial charge in [-0.2, -0.15) is 0 Å². The van der Waals surface area contributed by atoms with Crippen molar-refractivity contribution in [1.82, 2.24) is 10.2 Å². The maximum Gasteiger partial charge on any atom is 0.195 e. The summed E-state index contributed by atoms with van der Waals surface area (Å²) in [6, 6.07) is 5.80. The minimum Gasteiger partial charge on any atom is -0.493 e. The number of methoxy groups -OCH3 is 1. The van der Waals surface area contributed by atoms with Gasteiger partial charge in [0.15, 0.2) is 17.5 Å². The third kappa shape index (κ3) is 5.74. The van der Waals surface area contributed by atoms with Gasteiger partial charge in [-0.3, -0.25) is 4.99 Å². The highest BCUT2D eigenvalue weighted by molar-refractivity contribution is 5.94. The normalized spacial score (nSPS) is 16.9. The fourth-order valence-corrected chi connectivity index (χ4v) is 3.19. The number of nitrogens with one attached hydrogen (secondary N) is 2. The van der Waals surface area contributed by atoms with E-state index in [1.807, 2.05) is 25.1 Å². The minimum atomic E-state index is 0.0388. The highest BCUT2D eigenvalue weighted by Crippen LogP contribution is 2.30. The molecule has 0 spiro atoms. The number of hydrogen-bond donors (Lipinski definition) is 2. The average Bonchev–Trinajstić information content (AvgIpc) is 2.68. The van der Waals surface area contributed by atoms with Crippen LogP contribution in [0.1, 0.15) is 26.7 Å². The molecule has 7 heteroatoms. The van der Waals surface area contributed by atoms with Crippen LogP contribution in [0.25, 0.3) is 0 Å². The summed E-state index contributed by atoms with van der Waals surface area (Å²) in [7, 11) is 5.89. The Morgan fingerprint density at radius 1 is 1.22 bits per heavy atom. The van der Waals surface area contributed by atoms with Gasteiger partial charge in [-0.15, -0.1) is 0 Å². The molecule has 1 saturated heterocycles. The summed E-state index contributed by atoms with van der Waals surface area (Å²) in [5, 5.41) is 6.69. The van der Waals surface area contributed by atoms with Crippen LogP contribution in [0.3, 0.4) is 0 Å². The van der Waals surface area contributed by atoms with Gasteiger partial charge in [0.2, 0.25) is 0 Å². The fraction of sp³-hybridized carbons (Fsp3) is 0.650. The first-order valence-corrected chi connectivity index (χ1v) is 9.66. The maximum absolute atomic E-state index is 5.59. The first kappa shape index (κ1) is 21.3. The molecule has 1 heterocycles. The van der Waals surface area contributed by atoms with E-state index in [-0.39, 0.29) is 5.54 Å². The minimum absolute atomic E-state index is 0.0388. The second-order valence-electron chi connectivity index (χ2n) is 6.85. The Hall–Kier alpha value is -1.99. The number of likely N-dealkylation sites (N-methyl/N-ethyl adjacent to an activating group) is 1. The van der Waals surface area contributed by atoms with E-state index in [0.29, 0.717) is 18.9 Å². The van der Waals surface area contributed by atoms with Crippen molar-refractivity contribution >= 4 is 11.6 Å². The Bertz CT molecular complexity index is 613. The summed E-state index contributed by atoms with van der Waals surface area (Å²) in [6.07, 6.45) is 1.97. The van der Waals surface area contributed by atoms with E-state index in [1.165, 1.54) is 0 Å². The SMILES string of the molecule is CCNC(=NCC1(N(C)C)CCOCC1)Nc1ccc(OCC)c(OC)c1. The summed E-state index contributed by atoms with van der Waals surface area (Å²) in [4.78, 5) is 7.15. The molecule has 0 aromatic heterocycles. The van der Waals surface area contributed by atoms with E-state index in [2.05, 4.69) is 36.6 Å². The molecule has 0 amide bonds. The third-order valence-corrected chi connectivity index (χ3v) is 4.97. The van der Waals surface area contributed by atoms with Gasteiger partial charge in [0.1, 0.15) is 0 Å². The molecule has 1 fully saturated rings. The summed E-state index contributed by atoms with van der Waals surface area (Å²) >= 11 is 0. The zero-order valence-corrected chi connectivity index (χ0v) is 17.3. The number of ether oxygens (including phenoxy) is 3. The summed E-state index contributed by atoms with van der Waals surface area (Å²) in [6.45, 7) is 7.70. The Morgan fingerprint density at radius 2 is 1.96 bits per heavy atom. The largest absolute Gasteiger partial charge is 0.493 e. The van der Waals surface area contributed by atoms with E-state index in [9.17, 15) is 0 Å². The van der Waals surface area contributed by atoms with E-state index in [0.717, 1.165) is 50.0 Å². The number of aliphatic imine (C=N–C) groups is 1. The third-order valence-electron chi connectivity index (χ3n) is 4.97. The van der Waals surface area contributed by atoms with E-state index in [1.54, 1.807) is 7.11 Å². The molecule has 7 nitrogen and oxygen atoms in total. The highest BCUT2D eigenvalue weighted by atomic mass is 16.5. The predicted octanol–water partition coefficient (Wildman–Crippen LogP) is 2.58. The van der Waals surface area contributed by atoms with Crippen molar-refractivity contribution in [2.45, 2.75) is 32.2 Å². The lowest BCUT2D eigenvalue weighted by Gasteiger charge is -2.41. The van der Waals surface area contributed by atoms with Crippen molar-refractivity contribution in [2.75, 3.05) is 59.4 Å². The number of hydrogen-bond acceptors (Lipinski definition) is 5. The van der Waals surface area contributed by atoms with Gasteiger partial charge in [-0.05, 0) is 52.9 Å². The van der Waals surface area contributed by atoms with Gasteiger partial charge < -0.3 is 29.7 Å². The quantitative estimate of drug-likeness (QED) is 0.535. The van der Waals surface area contributed by atoms with E-state index >= 15 is 0 Å². The molecule has 2 N–H and O–H groups in total. The zero-order valence-electron chi connectivity index (χ0n) is 17.3. The van der Waals surface area contributed by atoms with Crippen molar-refractivity contribution in [1.29, 1.82) is 0 Å². The second kappa shape index (κ2) is 10.4. The molecular formula is C20H34N4O3. The van der Waals surface area contributed by atoms with Gasteiger partial charge in [-0.1, -0.05) is 0 Å². The first-order chi connectivity index (χ1) is 13.0. The second-order valence-corrected chi connectivity index (χ2v) is 6.85. The molecule has 27 heavy (non-hydrogen) atoms. The molecular weight excluding hydrogens is 344 g/mol. The van der Waals surface area contributed by atoms with Crippen LogP contribution in [-0.4, -0.2) is 70.5 Å². The number of rotatable bonds is 8. The molecule has 1 aromatic rings. The summed E-state index contributed by atoms with van der Waals surface area (Å²) < 4.78 is 16.6. The lowest BCUT2D eigenvalue weighted by Crippen LogP contribution is -2.51. The predicted molar refractivity (Wildman–Crippen MR) is 110 cm³/mol. The number of benzene rings is 1. The summed E-state index contributed by atoms with van der Waals surface area (Å²) in [5.41, 5.74) is 0.942. The molecule has 0 saturated carbocycles. The van der Waals surface area contributed by atoms with Gasteiger partial charge >= 0.3 is 0 Å². The van der Waals surface area contributed by atoms with Crippen LogP contribution in [0.5, 0.6) is 11.5 Å². The highest BCUT2D eigenvalue weighted by Gasteiger charge is 2.34. The molecule has 2 rings (SSSR count). The lowest BCUT2D eigenvalue weighted by molar-refractivity contribution is -0.00251. The molecule has 0 bridgehead atoms. The molecule has 1 aliphatic rings. The summed E-state index contributed by atoms with van der Waals surface area (Å²) in [5.74, 6) is 2.20. The topological polar surface area (TPSA) is 67.4 Å². The fourth-order valence-electron chi connectivity index (χ4n) is 3.19. The monoisotopic (exact) mass is 378 g/mol. The molecule has 1 aromatic carbocycles. The van der Waals surface area contributed by atoms with Crippen LogP contribution in [0.4, 0.5) is 5.69 Å². The van der Waals surface area contributed by atoms with Gasteiger partial charge in [0.05, 0.1) is 20.3 Å². The molecule has 152 valence electrons. The van der Waals surface area contributed by atoms with Crippen LogP contribution in [0, 0.1) is 0 Å². The Kier molecular flexibility index (Phi) is 8.19. The molecule has 0 atom stereocenters. The van der Waals surface area contributed by atoms with Crippen LogP contribution >= 0.6 is 0 Å². The molecule has 0 aliphatic carbocycles. The van der Waals surface area contributed by atoms with Crippen molar-refractivity contribution in [3.05, 3.63) is 18.2 Å².